The standard InChI is InChI=1S/C18H38O3S2/c1-2-3-4-5-6-7-8-9-10-11-12-13-14-15-16-17-18-23(19,20)21-22/h22H,2-18H2,1H3. The van der Waals surface area contributed by atoms with Crippen molar-refractivity contribution in [3.8, 4) is 0 Å². The molecule has 23 heavy (non-hydrogen) atoms. The van der Waals surface area contributed by atoms with Crippen LogP contribution < -0.4 is 0 Å². The second-order valence-electron chi connectivity index (χ2n) is 6.64. The van der Waals surface area contributed by atoms with Gasteiger partial charge in [-0.1, -0.05) is 103 Å². The van der Waals surface area contributed by atoms with Gasteiger partial charge in [0.25, 0.3) is 10.1 Å². The van der Waals surface area contributed by atoms with E-state index < -0.39 is 10.1 Å². The zero-order valence-corrected chi connectivity index (χ0v) is 16.8. The van der Waals surface area contributed by atoms with Crippen molar-refractivity contribution in [3.63, 3.8) is 0 Å². The normalized spacial score (nSPS) is 11.9. The van der Waals surface area contributed by atoms with E-state index in [9.17, 15) is 8.42 Å². The van der Waals surface area contributed by atoms with Gasteiger partial charge in [-0.3, -0.25) is 0 Å². The number of unbranched alkanes of at least 4 members (excludes halogenated alkanes) is 15. The first-order valence-corrected chi connectivity index (χ1v) is 11.6. The molecule has 0 fully saturated rings. The molecule has 140 valence electrons. The minimum absolute atomic E-state index is 0.0922. The van der Waals surface area contributed by atoms with E-state index in [1.54, 1.807) is 0 Å². The van der Waals surface area contributed by atoms with Gasteiger partial charge in [-0.05, 0) is 19.3 Å². The second-order valence-corrected chi connectivity index (χ2v) is 8.76. The number of thiol groups is 1. The van der Waals surface area contributed by atoms with Gasteiger partial charge in [0.1, 0.15) is 0 Å². The monoisotopic (exact) mass is 366 g/mol. The summed E-state index contributed by atoms with van der Waals surface area (Å²) in [6.07, 6.45) is 20.6. The second kappa shape index (κ2) is 17.1. The molecule has 3 nitrogen and oxygen atoms in total. The lowest BCUT2D eigenvalue weighted by Crippen LogP contribution is -2.04. The van der Waals surface area contributed by atoms with Crippen molar-refractivity contribution in [2.45, 2.75) is 110 Å². The molecule has 0 amide bonds. The number of rotatable bonds is 18. The smallest absolute Gasteiger partial charge is 0.201 e. The Morgan fingerprint density at radius 2 is 0.913 bits per heavy atom. The summed E-state index contributed by atoms with van der Waals surface area (Å²) in [7, 11) is -3.37. The summed E-state index contributed by atoms with van der Waals surface area (Å²) in [6, 6.07) is 0. The van der Waals surface area contributed by atoms with Crippen LogP contribution >= 0.6 is 12.9 Å². The van der Waals surface area contributed by atoms with E-state index in [4.69, 9.17) is 0 Å². The lowest BCUT2D eigenvalue weighted by atomic mass is 10.0. The molecule has 5 heteroatoms. The molecule has 0 unspecified atom stereocenters. The largest absolute Gasteiger partial charge is 0.277 e. The molecule has 0 aliphatic rings. The van der Waals surface area contributed by atoms with Crippen LogP contribution in [0.2, 0.25) is 0 Å². The Labute approximate surface area is 150 Å². The van der Waals surface area contributed by atoms with Crippen molar-refractivity contribution >= 4 is 23.0 Å². The van der Waals surface area contributed by atoms with E-state index in [1.165, 1.54) is 83.5 Å². The van der Waals surface area contributed by atoms with Crippen molar-refractivity contribution in [1.82, 2.24) is 0 Å². The quantitative estimate of drug-likeness (QED) is 0.172. The predicted molar refractivity (Wildman–Crippen MR) is 103 cm³/mol. The zero-order valence-electron chi connectivity index (χ0n) is 15.1. The van der Waals surface area contributed by atoms with Crippen molar-refractivity contribution in [2.75, 3.05) is 5.75 Å². The molecule has 0 spiro atoms. The minimum atomic E-state index is -3.37. The number of hydrogen-bond donors (Lipinski definition) is 1. The molecule has 0 aliphatic heterocycles. The molecular weight excluding hydrogens is 328 g/mol. The van der Waals surface area contributed by atoms with Crippen LogP contribution in [0.15, 0.2) is 0 Å². The van der Waals surface area contributed by atoms with Crippen LogP contribution in [-0.4, -0.2) is 14.2 Å². The van der Waals surface area contributed by atoms with E-state index in [1.807, 2.05) is 0 Å². The summed E-state index contributed by atoms with van der Waals surface area (Å²) in [4.78, 5) is 0. The summed E-state index contributed by atoms with van der Waals surface area (Å²) < 4.78 is 26.2. The van der Waals surface area contributed by atoms with Gasteiger partial charge in [0, 0.05) is 0 Å². The van der Waals surface area contributed by atoms with E-state index in [0.29, 0.717) is 6.42 Å². The van der Waals surface area contributed by atoms with Crippen molar-refractivity contribution in [1.29, 1.82) is 0 Å². The van der Waals surface area contributed by atoms with Crippen LogP contribution in [0.5, 0.6) is 0 Å². The van der Waals surface area contributed by atoms with Gasteiger partial charge in [-0.25, -0.2) is 3.63 Å². The summed E-state index contributed by atoms with van der Waals surface area (Å²) in [5.41, 5.74) is 0. The van der Waals surface area contributed by atoms with E-state index in [-0.39, 0.29) is 5.75 Å². The third-order valence-corrected chi connectivity index (χ3v) is 6.06. The molecule has 0 saturated carbocycles. The molecule has 0 aliphatic carbocycles. The first-order chi connectivity index (χ1) is 11.1. The van der Waals surface area contributed by atoms with Crippen LogP contribution in [0.4, 0.5) is 0 Å². The first-order valence-electron chi connectivity index (χ1n) is 9.68. The lowest BCUT2D eigenvalue weighted by Gasteiger charge is -2.03. The third-order valence-electron chi connectivity index (χ3n) is 4.36. The van der Waals surface area contributed by atoms with Crippen LogP contribution in [0.1, 0.15) is 110 Å². The molecular formula is C18H38O3S2. The molecule has 0 saturated heterocycles. The van der Waals surface area contributed by atoms with Crippen LogP contribution in [0, 0.1) is 0 Å². The average Bonchev–Trinajstić information content (AvgIpc) is 2.54. The minimum Gasteiger partial charge on any atom is -0.201 e. The molecule has 0 radical (unpaired) electrons. The highest BCUT2D eigenvalue weighted by Crippen LogP contribution is 2.14. The van der Waals surface area contributed by atoms with Gasteiger partial charge in [0.2, 0.25) is 0 Å². The van der Waals surface area contributed by atoms with E-state index in [0.717, 1.165) is 12.8 Å². The maximum atomic E-state index is 11.0. The Hall–Kier alpha value is 0.260. The third kappa shape index (κ3) is 18.4. The molecule has 0 rings (SSSR count). The molecule has 0 N–H and O–H groups in total. The highest BCUT2D eigenvalue weighted by molar-refractivity contribution is 7.95. The predicted octanol–water partition coefficient (Wildman–Crippen LogP) is 6.44. The SMILES string of the molecule is CCCCCCCCCCCCCCCCCCS(=O)(=O)OS. The molecule has 0 atom stereocenters. The summed E-state index contributed by atoms with van der Waals surface area (Å²) in [6.45, 7) is 2.27. The zero-order chi connectivity index (χ0) is 17.2. The summed E-state index contributed by atoms with van der Waals surface area (Å²) in [5, 5.41) is 0. The van der Waals surface area contributed by atoms with Crippen LogP contribution in [-0.2, 0) is 13.7 Å². The topological polar surface area (TPSA) is 43.4 Å². The highest BCUT2D eigenvalue weighted by atomic mass is 32.3. The fourth-order valence-electron chi connectivity index (χ4n) is 2.86. The fraction of sp³-hybridized carbons (Fsp3) is 1.00. The summed E-state index contributed by atoms with van der Waals surface area (Å²) in [5.74, 6) is 0.0922. The van der Waals surface area contributed by atoms with E-state index >= 15 is 0 Å². The molecule has 0 bridgehead atoms. The maximum Gasteiger partial charge on any atom is 0.277 e. The maximum absolute atomic E-state index is 11.0. The van der Waals surface area contributed by atoms with E-state index in [2.05, 4.69) is 23.5 Å². The fourth-order valence-corrected chi connectivity index (χ4v) is 3.72. The Balaban J connectivity index is 3.08. The van der Waals surface area contributed by atoms with Gasteiger partial charge in [-0.15, -0.1) is 0 Å². The van der Waals surface area contributed by atoms with Crippen molar-refractivity contribution < 1.29 is 12.0 Å². The van der Waals surface area contributed by atoms with Gasteiger partial charge in [0.15, 0.2) is 0 Å². The van der Waals surface area contributed by atoms with Crippen LogP contribution in [0.3, 0.4) is 0 Å². The highest BCUT2D eigenvalue weighted by Gasteiger charge is 2.07. The molecule has 0 heterocycles. The lowest BCUT2D eigenvalue weighted by molar-refractivity contribution is 0.512. The average molecular weight is 367 g/mol. The van der Waals surface area contributed by atoms with Crippen LogP contribution in [0.25, 0.3) is 0 Å². The Morgan fingerprint density at radius 3 is 1.22 bits per heavy atom. The van der Waals surface area contributed by atoms with Gasteiger partial charge >= 0.3 is 0 Å². The summed E-state index contributed by atoms with van der Waals surface area (Å²) >= 11 is 3.34. The Bertz CT molecular complexity index is 329. The molecule has 0 aromatic carbocycles. The Morgan fingerprint density at radius 1 is 0.609 bits per heavy atom. The molecule has 0 aromatic rings. The van der Waals surface area contributed by atoms with Crippen molar-refractivity contribution in [2.24, 2.45) is 0 Å². The molecule has 0 aromatic heterocycles. The van der Waals surface area contributed by atoms with Crippen molar-refractivity contribution in [3.05, 3.63) is 0 Å². The Kier molecular flexibility index (Phi) is 17.3. The number of hydrogen-bond acceptors (Lipinski definition) is 4. The van der Waals surface area contributed by atoms with Gasteiger partial charge in [0.05, 0.1) is 5.75 Å². The van der Waals surface area contributed by atoms with Gasteiger partial charge < -0.3 is 0 Å². The first kappa shape index (κ1) is 23.3. The van der Waals surface area contributed by atoms with Gasteiger partial charge in [-0.2, -0.15) is 8.42 Å².